The molecule has 0 amide bonds. The average Bonchev–Trinajstić information content (AvgIpc) is 2.91. The fourth-order valence-corrected chi connectivity index (χ4v) is 3.49. The Bertz CT molecular complexity index is 410. The standard InChI is InChI=1S/C13H18N2O/c1-9(16)13-6-14-15(8-13)7-12-5-10-2-3-11(12)4-10/h6,8,10-12H,2-5,7H2,1H3. The van der Waals surface area contributed by atoms with Gasteiger partial charge in [0.25, 0.3) is 0 Å². The van der Waals surface area contributed by atoms with E-state index < -0.39 is 0 Å². The van der Waals surface area contributed by atoms with Crippen molar-refractivity contribution in [2.75, 3.05) is 0 Å². The largest absolute Gasteiger partial charge is 0.294 e. The highest BCUT2D eigenvalue weighted by Crippen LogP contribution is 2.48. The Kier molecular flexibility index (Phi) is 2.34. The van der Waals surface area contributed by atoms with E-state index in [4.69, 9.17) is 0 Å². The first-order valence-electron chi connectivity index (χ1n) is 6.26. The van der Waals surface area contributed by atoms with Gasteiger partial charge in [0.05, 0.1) is 11.8 Å². The molecule has 0 saturated heterocycles. The van der Waals surface area contributed by atoms with Crippen molar-refractivity contribution in [3.8, 4) is 0 Å². The molecule has 3 heteroatoms. The number of carbonyl (C=O) groups excluding carboxylic acids is 1. The lowest BCUT2D eigenvalue weighted by atomic mass is 9.89. The zero-order valence-corrected chi connectivity index (χ0v) is 9.72. The Balaban J connectivity index is 1.68. The number of hydrogen-bond donors (Lipinski definition) is 0. The zero-order valence-electron chi connectivity index (χ0n) is 9.72. The molecule has 0 N–H and O–H groups in total. The smallest absolute Gasteiger partial charge is 0.162 e. The fourth-order valence-electron chi connectivity index (χ4n) is 3.49. The Labute approximate surface area is 95.8 Å². The molecule has 3 nitrogen and oxygen atoms in total. The van der Waals surface area contributed by atoms with E-state index in [1.54, 1.807) is 13.1 Å². The van der Waals surface area contributed by atoms with Crippen molar-refractivity contribution in [2.24, 2.45) is 17.8 Å². The van der Waals surface area contributed by atoms with Crippen LogP contribution in [0.5, 0.6) is 0 Å². The topological polar surface area (TPSA) is 34.9 Å². The minimum absolute atomic E-state index is 0.110. The minimum Gasteiger partial charge on any atom is -0.294 e. The third-order valence-corrected chi connectivity index (χ3v) is 4.35. The van der Waals surface area contributed by atoms with E-state index in [0.717, 1.165) is 29.9 Å². The molecule has 2 fully saturated rings. The molecule has 16 heavy (non-hydrogen) atoms. The van der Waals surface area contributed by atoms with E-state index in [2.05, 4.69) is 5.10 Å². The summed E-state index contributed by atoms with van der Waals surface area (Å²) in [6.07, 6.45) is 9.25. The van der Waals surface area contributed by atoms with Crippen molar-refractivity contribution in [2.45, 2.75) is 39.2 Å². The monoisotopic (exact) mass is 218 g/mol. The summed E-state index contributed by atoms with van der Waals surface area (Å²) >= 11 is 0. The number of hydrogen-bond acceptors (Lipinski definition) is 2. The van der Waals surface area contributed by atoms with E-state index in [-0.39, 0.29) is 5.78 Å². The molecule has 1 heterocycles. The molecule has 0 aliphatic heterocycles. The molecule has 2 bridgehead atoms. The SMILES string of the molecule is CC(=O)c1cnn(CC2CC3CCC2C3)c1. The molecular formula is C13H18N2O. The summed E-state index contributed by atoms with van der Waals surface area (Å²) in [6, 6.07) is 0. The van der Waals surface area contributed by atoms with Crippen LogP contribution < -0.4 is 0 Å². The maximum atomic E-state index is 11.2. The van der Waals surface area contributed by atoms with Crippen LogP contribution in [0.15, 0.2) is 12.4 Å². The lowest BCUT2D eigenvalue weighted by Gasteiger charge is -2.21. The van der Waals surface area contributed by atoms with Crippen molar-refractivity contribution in [1.82, 2.24) is 9.78 Å². The summed E-state index contributed by atoms with van der Waals surface area (Å²) in [5.41, 5.74) is 0.739. The van der Waals surface area contributed by atoms with Crippen LogP contribution in [0.3, 0.4) is 0 Å². The maximum Gasteiger partial charge on any atom is 0.162 e. The maximum absolute atomic E-state index is 11.2. The highest BCUT2D eigenvalue weighted by atomic mass is 16.1. The molecule has 0 radical (unpaired) electrons. The number of fused-ring (bicyclic) bond motifs is 2. The van der Waals surface area contributed by atoms with E-state index in [0.29, 0.717) is 0 Å². The molecule has 3 rings (SSSR count). The van der Waals surface area contributed by atoms with Gasteiger partial charge in [0, 0.05) is 12.7 Å². The van der Waals surface area contributed by atoms with E-state index in [9.17, 15) is 4.79 Å². The minimum atomic E-state index is 0.110. The Morgan fingerprint density at radius 1 is 1.50 bits per heavy atom. The van der Waals surface area contributed by atoms with E-state index >= 15 is 0 Å². The van der Waals surface area contributed by atoms with Gasteiger partial charge in [-0.15, -0.1) is 0 Å². The number of carbonyl (C=O) groups is 1. The van der Waals surface area contributed by atoms with Crippen LogP contribution >= 0.6 is 0 Å². The molecule has 2 saturated carbocycles. The summed E-state index contributed by atoms with van der Waals surface area (Å²) in [6.45, 7) is 2.60. The van der Waals surface area contributed by atoms with Gasteiger partial charge in [0.15, 0.2) is 5.78 Å². The van der Waals surface area contributed by atoms with Crippen LogP contribution in [0.4, 0.5) is 0 Å². The molecule has 2 aliphatic rings. The number of aromatic nitrogens is 2. The Morgan fingerprint density at radius 2 is 2.38 bits per heavy atom. The van der Waals surface area contributed by atoms with Gasteiger partial charge in [-0.2, -0.15) is 5.10 Å². The van der Waals surface area contributed by atoms with Crippen molar-refractivity contribution in [1.29, 1.82) is 0 Å². The third kappa shape index (κ3) is 1.68. The van der Waals surface area contributed by atoms with Crippen LogP contribution in [0.1, 0.15) is 43.0 Å². The van der Waals surface area contributed by atoms with Crippen molar-refractivity contribution < 1.29 is 4.79 Å². The molecule has 0 spiro atoms. The lowest BCUT2D eigenvalue weighted by Crippen LogP contribution is -2.17. The van der Waals surface area contributed by atoms with Gasteiger partial charge in [-0.3, -0.25) is 9.48 Å². The quantitative estimate of drug-likeness (QED) is 0.731. The van der Waals surface area contributed by atoms with Crippen molar-refractivity contribution >= 4 is 5.78 Å². The fraction of sp³-hybridized carbons (Fsp3) is 0.692. The van der Waals surface area contributed by atoms with Crippen LogP contribution in [0, 0.1) is 17.8 Å². The van der Waals surface area contributed by atoms with Gasteiger partial charge in [0.2, 0.25) is 0 Å². The van der Waals surface area contributed by atoms with Gasteiger partial charge >= 0.3 is 0 Å². The average molecular weight is 218 g/mol. The summed E-state index contributed by atoms with van der Waals surface area (Å²) in [5.74, 6) is 2.82. The van der Waals surface area contributed by atoms with E-state index in [1.165, 1.54) is 25.7 Å². The highest BCUT2D eigenvalue weighted by molar-refractivity contribution is 5.93. The van der Waals surface area contributed by atoms with Gasteiger partial charge < -0.3 is 0 Å². The number of nitrogens with zero attached hydrogens (tertiary/aromatic N) is 2. The first kappa shape index (κ1) is 10.1. The molecule has 3 atom stereocenters. The second-order valence-electron chi connectivity index (χ2n) is 5.44. The third-order valence-electron chi connectivity index (χ3n) is 4.35. The second-order valence-corrected chi connectivity index (χ2v) is 5.44. The number of ketones is 1. The molecule has 2 aliphatic carbocycles. The molecule has 3 unspecified atom stereocenters. The molecule has 0 aromatic carbocycles. The zero-order chi connectivity index (χ0) is 11.1. The summed E-state index contributed by atoms with van der Waals surface area (Å²) in [5, 5.41) is 4.28. The van der Waals surface area contributed by atoms with Gasteiger partial charge in [-0.25, -0.2) is 0 Å². The molecule has 1 aromatic heterocycles. The van der Waals surface area contributed by atoms with Gasteiger partial charge in [-0.1, -0.05) is 6.42 Å². The Morgan fingerprint density at radius 3 is 2.94 bits per heavy atom. The molecular weight excluding hydrogens is 200 g/mol. The van der Waals surface area contributed by atoms with Crippen LogP contribution in [-0.4, -0.2) is 15.6 Å². The normalized spacial score (nSPS) is 32.2. The summed E-state index contributed by atoms with van der Waals surface area (Å²) in [7, 11) is 0. The number of rotatable bonds is 3. The summed E-state index contributed by atoms with van der Waals surface area (Å²) < 4.78 is 1.96. The highest BCUT2D eigenvalue weighted by Gasteiger charge is 2.39. The van der Waals surface area contributed by atoms with E-state index in [1.807, 2.05) is 10.9 Å². The number of Topliss-reactive ketones (excluding diaryl/α,β-unsaturated/α-hetero) is 1. The van der Waals surface area contributed by atoms with Gasteiger partial charge in [0.1, 0.15) is 0 Å². The predicted molar refractivity (Wildman–Crippen MR) is 61.2 cm³/mol. The van der Waals surface area contributed by atoms with Crippen LogP contribution in [0.2, 0.25) is 0 Å². The second kappa shape index (κ2) is 3.72. The lowest BCUT2D eigenvalue weighted by molar-refractivity contribution is 0.101. The molecule has 86 valence electrons. The predicted octanol–water partition coefficient (Wildman–Crippen LogP) is 2.52. The van der Waals surface area contributed by atoms with Crippen molar-refractivity contribution in [3.05, 3.63) is 18.0 Å². The Hall–Kier alpha value is -1.12. The van der Waals surface area contributed by atoms with Gasteiger partial charge in [-0.05, 0) is 43.9 Å². The van der Waals surface area contributed by atoms with Crippen LogP contribution in [-0.2, 0) is 6.54 Å². The first-order valence-corrected chi connectivity index (χ1v) is 6.26. The summed E-state index contributed by atoms with van der Waals surface area (Å²) in [4.78, 5) is 11.2. The van der Waals surface area contributed by atoms with Crippen molar-refractivity contribution in [3.63, 3.8) is 0 Å². The molecule has 1 aromatic rings. The van der Waals surface area contributed by atoms with Crippen LogP contribution in [0.25, 0.3) is 0 Å². The first-order chi connectivity index (χ1) is 7.72.